The van der Waals surface area contributed by atoms with Crippen LogP contribution in [0.3, 0.4) is 0 Å². The summed E-state index contributed by atoms with van der Waals surface area (Å²) in [5.74, 6) is -0.0973. The third-order valence-electron chi connectivity index (χ3n) is 3.41. The normalized spacial score (nSPS) is 18.9. The number of nitrogens with one attached hydrogen (secondary N) is 1. The zero-order chi connectivity index (χ0) is 14.1. The van der Waals surface area contributed by atoms with Gasteiger partial charge in [0.1, 0.15) is 6.10 Å². The van der Waals surface area contributed by atoms with Crippen molar-refractivity contribution in [3.63, 3.8) is 0 Å². The van der Waals surface area contributed by atoms with E-state index in [1.54, 1.807) is 12.4 Å². The molecule has 1 fully saturated rings. The number of anilines is 1. The van der Waals surface area contributed by atoms with Gasteiger partial charge in [-0.05, 0) is 32.8 Å². The molecule has 3 heterocycles. The average molecular weight is 274 g/mol. The second-order valence-electron chi connectivity index (χ2n) is 5.31. The first-order valence-electron chi connectivity index (χ1n) is 6.91. The Morgan fingerprint density at radius 2 is 2.35 bits per heavy atom. The van der Waals surface area contributed by atoms with Gasteiger partial charge in [-0.2, -0.15) is 5.10 Å². The molecule has 1 aliphatic heterocycles. The fraction of sp³-hybridized carbons (Fsp3) is 0.500. The summed E-state index contributed by atoms with van der Waals surface area (Å²) in [6.07, 6.45) is 4.83. The topological polar surface area (TPSA) is 69.0 Å². The SMILES string of the molecule is CC(C)n1ncc2cc(NC(=O)[C@@H]3CCCO3)cnc21. The molecule has 3 rings (SSSR count). The minimum atomic E-state index is -0.330. The number of carbonyl (C=O) groups excluding carboxylic acids is 1. The zero-order valence-electron chi connectivity index (χ0n) is 11.7. The van der Waals surface area contributed by atoms with E-state index >= 15 is 0 Å². The number of hydrogen-bond donors (Lipinski definition) is 1. The van der Waals surface area contributed by atoms with Crippen molar-refractivity contribution < 1.29 is 9.53 Å². The quantitative estimate of drug-likeness (QED) is 0.931. The van der Waals surface area contributed by atoms with E-state index in [2.05, 4.69) is 29.2 Å². The number of rotatable bonds is 3. The number of amides is 1. The third kappa shape index (κ3) is 2.38. The standard InChI is InChI=1S/C14H18N4O2/c1-9(2)18-13-10(7-16-18)6-11(8-15-13)17-14(19)12-4-3-5-20-12/h6-9,12H,3-5H2,1-2H3,(H,17,19)/t12-/m0/s1. The lowest BCUT2D eigenvalue weighted by Gasteiger charge is -2.10. The zero-order valence-corrected chi connectivity index (χ0v) is 11.7. The molecule has 0 unspecified atom stereocenters. The van der Waals surface area contributed by atoms with Gasteiger partial charge in [-0.25, -0.2) is 9.67 Å². The molecule has 1 saturated heterocycles. The van der Waals surface area contributed by atoms with E-state index in [1.807, 2.05) is 10.7 Å². The molecule has 0 aromatic carbocycles. The van der Waals surface area contributed by atoms with E-state index in [0.29, 0.717) is 12.3 Å². The van der Waals surface area contributed by atoms with Gasteiger partial charge < -0.3 is 10.1 Å². The molecule has 0 bridgehead atoms. The number of hydrogen-bond acceptors (Lipinski definition) is 4. The monoisotopic (exact) mass is 274 g/mol. The molecule has 0 radical (unpaired) electrons. The Bertz CT molecular complexity index is 629. The summed E-state index contributed by atoms with van der Waals surface area (Å²) in [4.78, 5) is 16.4. The fourth-order valence-electron chi connectivity index (χ4n) is 2.39. The van der Waals surface area contributed by atoms with E-state index in [-0.39, 0.29) is 18.1 Å². The van der Waals surface area contributed by atoms with E-state index in [0.717, 1.165) is 23.9 Å². The molecule has 1 amide bonds. The molecular weight excluding hydrogens is 256 g/mol. The lowest BCUT2D eigenvalue weighted by molar-refractivity contribution is -0.124. The van der Waals surface area contributed by atoms with Crippen LogP contribution in [0.1, 0.15) is 32.7 Å². The molecule has 6 heteroatoms. The van der Waals surface area contributed by atoms with Crippen molar-refractivity contribution in [3.05, 3.63) is 18.5 Å². The first-order chi connectivity index (χ1) is 9.65. The van der Waals surface area contributed by atoms with Crippen molar-refractivity contribution in [3.8, 4) is 0 Å². The predicted octanol–water partition coefficient (Wildman–Crippen LogP) is 2.13. The lowest BCUT2D eigenvalue weighted by atomic mass is 10.2. The number of carbonyl (C=O) groups is 1. The van der Waals surface area contributed by atoms with E-state index in [9.17, 15) is 4.79 Å². The average Bonchev–Trinajstić information content (AvgIpc) is 3.07. The molecule has 2 aromatic heterocycles. The van der Waals surface area contributed by atoms with E-state index < -0.39 is 0 Å². The predicted molar refractivity (Wildman–Crippen MR) is 75.5 cm³/mol. The van der Waals surface area contributed by atoms with Gasteiger partial charge in [-0.3, -0.25) is 4.79 Å². The Hall–Kier alpha value is -1.95. The number of nitrogens with zero attached hydrogens (tertiary/aromatic N) is 3. The second kappa shape index (κ2) is 5.20. The molecular formula is C14H18N4O2. The van der Waals surface area contributed by atoms with Crippen LogP contribution in [0.25, 0.3) is 11.0 Å². The maximum atomic E-state index is 12.0. The number of aromatic nitrogens is 3. The van der Waals surface area contributed by atoms with E-state index in [4.69, 9.17) is 4.74 Å². The van der Waals surface area contributed by atoms with Crippen LogP contribution in [0.2, 0.25) is 0 Å². The summed E-state index contributed by atoms with van der Waals surface area (Å²) >= 11 is 0. The van der Waals surface area contributed by atoms with E-state index in [1.165, 1.54) is 0 Å². The van der Waals surface area contributed by atoms with Crippen LogP contribution in [-0.2, 0) is 9.53 Å². The van der Waals surface area contributed by atoms with Crippen molar-refractivity contribution in [2.24, 2.45) is 0 Å². The van der Waals surface area contributed by atoms with Crippen LogP contribution < -0.4 is 5.32 Å². The Morgan fingerprint density at radius 3 is 3.05 bits per heavy atom. The summed E-state index contributed by atoms with van der Waals surface area (Å²) in [5.41, 5.74) is 1.51. The molecule has 20 heavy (non-hydrogen) atoms. The van der Waals surface area contributed by atoms with Gasteiger partial charge in [0.05, 0.1) is 18.1 Å². The summed E-state index contributed by atoms with van der Waals surface area (Å²) in [5, 5.41) is 8.08. The Kier molecular flexibility index (Phi) is 3.40. The smallest absolute Gasteiger partial charge is 0.253 e. The highest BCUT2D eigenvalue weighted by Gasteiger charge is 2.23. The van der Waals surface area contributed by atoms with Crippen molar-refractivity contribution in [2.75, 3.05) is 11.9 Å². The Balaban J connectivity index is 1.80. The van der Waals surface area contributed by atoms with Gasteiger partial charge in [0, 0.05) is 18.0 Å². The number of fused-ring (bicyclic) bond motifs is 1. The summed E-state index contributed by atoms with van der Waals surface area (Å²) in [7, 11) is 0. The van der Waals surface area contributed by atoms with Gasteiger partial charge in [0.15, 0.2) is 5.65 Å². The maximum Gasteiger partial charge on any atom is 0.253 e. The molecule has 2 aromatic rings. The highest BCUT2D eigenvalue weighted by Crippen LogP contribution is 2.20. The van der Waals surface area contributed by atoms with Crippen molar-refractivity contribution in [1.29, 1.82) is 0 Å². The minimum Gasteiger partial charge on any atom is -0.368 e. The highest BCUT2D eigenvalue weighted by atomic mass is 16.5. The maximum absolute atomic E-state index is 12.0. The first-order valence-corrected chi connectivity index (χ1v) is 6.91. The van der Waals surface area contributed by atoms with Gasteiger partial charge >= 0.3 is 0 Å². The largest absolute Gasteiger partial charge is 0.368 e. The Labute approximate surface area is 117 Å². The number of ether oxygens (including phenoxy) is 1. The van der Waals surface area contributed by atoms with Crippen LogP contribution in [0, 0.1) is 0 Å². The minimum absolute atomic E-state index is 0.0973. The molecule has 6 nitrogen and oxygen atoms in total. The van der Waals surface area contributed by atoms with Crippen molar-refractivity contribution in [2.45, 2.75) is 38.8 Å². The molecule has 1 atom stereocenters. The van der Waals surface area contributed by atoms with Gasteiger partial charge in [0.25, 0.3) is 5.91 Å². The van der Waals surface area contributed by atoms with Crippen LogP contribution in [-0.4, -0.2) is 33.4 Å². The highest BCUT2D eigenvalue weighted by molar-refractivity contribution is 5.95. The van der Waals surface area contributed by atoms with Crippen molar-refractivity contribution in [1.82, 2.24) is 14.8 Å². The van der Waals surface area contributed by atoms with Crippen LogP contribution in [0.4, 0.5) is 5.69 Å². The second-order valence-corrected chi connectivity index (χ2v) is 5.31. The van der Waals surface area contributed by atoms with Gasteiger partial charge in [-0.1, -0.05) is 0 Å². The number of pyridine rings is 1. The lowest BCUT2D eigenvalue weighted by Crippen LogP contribution is -2.26. The van der Waals surface area contributed by atoms with Gasteiger partial charge in [0.2, 0.25) is 0 Å². The Morgan fingerprint density at radius 1 is 1.50 bits per heavy atom. The summed E-state index contributed by atoms with van der Waals surface area (Å²) < 4.78 is 7.22. The molecule has 1 aliphatic rings. The molecule has 0 aliphatic carbocycles. The molecule has 1 N–H and O–H groups in total. The van der Waals surface area contributed by atoms with Crippen LogP contribution in [0.15, 0.2) is 18.5 Å². The molecule has 0 spiro atoms. The van der Waals surface area contributed by atoms with Crippen LogP contribution >= 0.6 is 0 Å². The summed E-state index contributed by atoms with van der Waals surface area (Å²) in [6.45, 7) is 4.78. The fourth-order valence-corrected chi connectivity index (χ4v) is 2.39. The van der Waals surface area contributed by atoms with Gasteiger partial charge in [-0.15, -0.1) is 0 Å². The molecule has 106 valence electrons. The molecule has 0 saturated carbocycles. The van der Waals surface area contributed by atoms with Crippen molar-refractivity contribution >= 4 is 22.6 Å². The first kappa shape index (κ1) is 13.1. The van der Waals surface area contributed by atoms with Crippen LogP contribution in [0.5, 0.6) is 0 Å². The third-order valence-corrected chi connectivity index (χ3v) is 3.41. The summed E-state index contributed by atoms with van der Waals surface area (Å²) in [6, 6.07) is 2.15.